The van der Waals surface area contributed by atoms with Crippen molar-refractivity contribution in [3.8, 4) is 11.5 Å². The summed E-state index contributed by atoms with van der Waals surface area (Å²) < 4.78 is 13.7. The number of nitrogens with one attached hydrogen (secondary N) is 1. The summed E-state index contributed by atoms with van der Waals surface area (Å²) in [4.78, 5) is 4.03. The molecule has 0 amide bonds. The van der Waals surface area contributed by atoms with Crippen LogP contribution in [0.4, 0.5) is 5.69 Å². The maximum Gasteiger partial charge on any atom is 0.124 e. The largest absolute Gasteiger partial charge is 0.492 e. The van der Waals surface area contributed by atoms with Crippen molar-refractivity contribution >= 4 is 5.69 Å². The first kappa shape index (κ1) is 18.8. The molecule has 0 unspecified atom stereocenters. The van der Waals surface area contributed by atoms with Crippen molar-refractivity contribution in [1.82, 2.24) is 9.55 Å². The molecule has 0 bridgehead atoms. The lowest BCUT2D eigenvalue weighted by Gasteiger charge is -2.15. The molecular formula is C22H27N3O2. The van der Waals surface area contributed by atoms with Crippen molar-refractivity contribution in [3.63, 3.8) is 0 Å². The highest BCUT2D eigenvalue weighted by Gasteiger charge is 2.04. The van der Waals surface area contributed by atoms with Gasteiger partial charge in [-0.25, -0.2) is 4.98 Å². The Hall–Kier alpha value is -2.95. The molecule has 0 radical (unpaired) electrons. The zero-order valence-electron chi connectivity index (χ0n) is 16.2. The number of rotatable bonds is 9. The highest BCUT2D eigenvalue weighted by Crippen LogP contribution is 2.24. The van der Waals surface area contributed by atoms with E-state index in [1.165, 1.54) is 5.56 Å². The van der Waals surface area contributed by atoms with Gasteiger partial charge < -0.3 is 19.4 Å². The van der Waals surface area contributed by atoms with E-state index in [0.29, 0.717) is 6.61 Å². The maximum absolute atomic E-state index is 5.87. The van der Waals surface area contributed by atoms with Gasteiger partial charge in [0, 0.05) is 30.7 Å². The third kappa shape index (κ3) is 5.78. The minimum Gasteiger partial charge on any atom is -0.492 e. The van der Waals surface area contributed by atoms with E-state index in [1.54, 1.807) is 12.5 Å². The summed E-state index contributed by atoms with van der Waals surface area (Å²) in [5, 5.41) is 3.46. The van der Waals surface area contributed by atoms with Crippen molar-refractivity contribution in [2.45, 2.75) is 40.0 Å². The summed E-state index contributed by atoms with van der Waals surface area (Å²) in [5.74, 6) is 1.80. The topological polar surface area (TPSA) is 48.3 Å². The Balaban J connectivity index is 1.55. The Morgan fingerprint density at radius 1 is 1.15 bits per heavy atom. The average molecular weight is 365 g/mol. The van der Waals surface area contributed by atoms with Crippen LogP contribution in [0.5, 0.6) is 11.5 Å². The summed E-state index contributed by atoms with van der Waals surface area (Å²) >= 11 is 0. The average Bonchev–Trinajstić information content (AvgIpc) is 3.16. The molecular weight excluding hydrogens is 338 g/mol. The van der Waals surface area contributed by atoms with Crippen molar-refractivity contribution in [2.24, 2.45) is 0 Å². The van der Waals surface area contributed by atoms with Crippen LogP contribution < -0.4 is 14.8 Å². The summed E-state index contributed by atoms with van der Waals surface area (Å²) in [6.45, 7) is 8.26. The molecule has 0 saturated carbocycles. The molecule has 0 aliphatic carbocycles. The smallest absolute Gasteiger partial charge is 0.124 e. The Labute approximate surface area is 161 Å². The fourth-order valence-corrected chi connectivity index (χ4v) is 2.73. The van der Waals surface area contributed by atoms with Crippen LogP contribution in [-0.2, 0) is 13.1 Å². The molecule has 3 rings (SSSR count). The highest BCUT2D eigenvalue weighted by atomic mass is 16.5. The molecule has 3 aromatic rings. The number of benzene rings is 2. The van der Waals surface area contributed by atoms with Gasteiger partial charge in [0.25, 0.3) is 0 Å². The molecule has 0 saturated heterocycles. The highest BCUT2D eigenvalue weighted by molar-refractivity contribution is 5.52. The Bertz CT molecular complexity index is 845. The van der Waals surface area contributed by atoms with Crippen molar-refractivity contribution < 1.29 is 9.47 Å². The van der Waals surface area contributed by atoms with Gasteiger partial charge in [-0.1, -0.05) is 18.2 Å². The SMILES string of the molecule is Cc1ccc(NCc2cccc(OCCn3ccnc3)c2)cc1OC(C)C. The molecule has 0 atom stereocenters. The predicted octanol–water partition coefficient (Wildman–Crippen LogP) is 4.67. The van der Waals surface area contributed by atoms with Crippen LogP contribution in [-0.4, -0.2) is 22.3 Å². The van der Waals surface area contributed by atoms with E-state index in [2.05, 4.69) is 47.6 Å². The quantitative estimate of drug-likeness (QED) is 0.599. The van der Waals surface area contributed by atoms with E-state index < -0.39 is 0 Å². The van der Waals surface area contributed by atoms with Crippen LogP contribution in [0, 0.1) is 6.92 Å². The predicted molar refractivity (Wildman–Crippen MR) is 108 cm³/mol. The first-order valence-corrected chi connectivity index (χ1v) is 9.29. The molecule has 0 spiro atoms. The van der Waals surface area contributed by atoms with Gasteiger partial charge in [0.1, 0.15) is 18.1 Å². The Morgan fingerprint density at radius 3 is 2.81 bits per heavy atom. The number of ether oxygens (including phenoxy) is 2. The van der Waals surface area contributed by atoms with Crippen LogP contribution in [0.3, 0.4) is 0 Å². The van der Waals surface area contributed by atoms with E-state index in [4.69, 9.17) is 9.47 Å². The molecule has 5 nitrogen and oxygen atoms in total. The van der Waals surface area contributed by atoms with Crippen LogP contribution in [0.1, 0.15) is 25.0 Å². The molecule has 5 heteroatoms. The second kappa shape index (κ2) is 9.12. The van der Waals surface area contributed by atoms with Gasteiger partial charge in [-0.15, -0.1) is 0 Å². The summed E-state index contributed by atoms with van der Waals surface area (Å²) in [5.41, 5.74) is 3.35. The van der Waals surface area contributed by atoms with Gasteiger partial charge in [-0.2, -0.15) is 0 Å². The minimum atomic E-state index is 0.162. The van der Waals surface area contributed by atoms with Crippen molar-refractivity contribution in [1.29, 1.82) is 0 Å². The number of aryl methyl sites for hydroxylation is 1. The first-order chi connectivity index (χ1) is 13.1. The monoisotopic (exact) mass is 365 g/mol. The van der Waals surface area contributed by atoms with Crippen molar-refractivity contribution in [2.75, 3.05) is 11.9 Å². The molecule has 0 aliphatic rings. The number of nitrogens with zero attached hydrogens (tertiary/aromatic N) is 2. The van der Waals surface area contributed by atoms with Crippen molar-refractivity contribution in [3.05, 3.63) is 72.3 Å². The number of hydrogen-bond donors (Lipinski definition) is 1. The Kier molecular flexibility index (Phi) is 6.36. The van der Waals surface area contributed by atoms with E-state index in [0.717, 1.165) is 35.8 Å². The van der Waals surface area contributed by atoms with Crippen LogP contribution >= 0.6 is 0 Å². The molecule has 1 aromatic heterocycles. The van der Waals surface area contributed by atoms with Gasteiger partial charge in [-0.3, -0.25) is 0 Å². The van der Waals surface area contributed by atoms with Gasteiger partial charge in [0.15, 0.2) is 0 Å². The second-order valence-electron chi connectivity index (χ2n) is 6.80. The standard InChI is InChI=1S/C22H27N3O2/c1-17(2)27-22-14-20(8-7-18(22)3)24-15-19-5-4-6-21(13-19)26-12-11-25-10-9-23-16-25/h4-10,13-14,16-17,24H,11-12,15H2,1-3H3. The first-order valence-electron chi connectivity index (χ1n) is 9.29. The number of hydrogen-bond acceptors (Lipinski definition) is 4. The third-order valence-electron chi connectivity index (χ3n) is 4.12. The van der Waals surface area contributed by atoms with Crippen LogP contribution in [0.15, 0.2) is 61.2 Å². The van der Waals surface area contributed by atoms with Crippen LogP contribution in [0.2, 0.25) is 0 Å². The fourth-order valence-electron chi connectivity index (χ4n) is 2.73. The number of aromatic nitrogens is 2. The normalized spacial score (nSPS) is 10.8. The lowest BCUT2D eigenvalue weighted by molar-refractivity contribution is 0.241. The Morgan fingerprint density at radius 2 is 2.04 bits per heavy atom. The van der Waals surface area contributed by atoms with E-state index in [-0.39, 0.29) is 6.10 Å². The minimum absolute atomic E-state index is 0.162. The lowest BCUT2D eigenvalue weighted by Crippen LogP contribution is -2.08. The van der Waals surface area contributed by atoms with E-state index in [1.807, 2.05) is 36.7 Å². The number of imidazole rings is 1. The summed E-state index contributed by atoms with van der Waals surface area (Å²) in [6.07, 6.45) is 5.66. The number of anilines is 1. The summed E-state index contributed by atoms with van der Waals surface area (Å²) in [6, 6.07) is 14.4. The molecule has 2 aromatic carbocycles. The molecule has 1 N–H and O–H groups in total. The van der Waals surface area contributed by atoms with Gasteiger partial charge in [0.05, 0.1) is 19.0 Å². The fraction of sp³-hybridized carbons (Fsp3) is 0.318. The molecule has 0 fully saturated rings. The van der Waals surface area contributed by atoms with Gasteiger partial charge in [0.2, 0.25) is 0 Å². The van der Waals surface area contributed by atoms with Gasteiger partial charge >= 0.3 is 0 Å². The summed E-state index contributed by atoms with van der Waals surface area (Å²) in [7, 11) is 0. The lowest BCUT2D eigenvalue weighted by atomic mass is 10.1. The van der Waals surface area contributed by atoms with E-state index >= 15 is 0 Å². The molecule has 142 valence electrons. The van der Waals surface area contributed by atoms with Crippen LogP contribution in [0.25, 0.3) is 0 Å². The van der Waals surface area contributed by atoms with E-state index in [9.17, 15) is 0 Å². The second-order valence-corrected chi connectivity index (χ2v) is 6.80. The van der Waals surface area contributed by atoms with Gasteiger partial charge in [-0.05, 0) is 50.1 Å². The third-order valence-corrected chi connectivity index (χ3v) is 4.12. The zero-order valence-corrected chi connectivity index (χ0v) is 16.2. The molecule has 27 heavy (non-hydrogen) atoms. The molecule has 1 heterocycles. The maximum atomic E-state index is 5.87. The molecule has 0 aliphatic heterocycles. The zero-order chi connectivity index (χ0) is 19.1.